The van der Waals surface area contributed by atoms with E-state index in [1.807, 2.05) is 0 Å². The lowest BCUT2D eigenvalue weighted by Crippen LogP contribution is -2.68. The maximum Gasteiger partial charge on any atom is 0.165 e. The molecule has 2 fully saturated rings. The van der Waals surface area contributed by atoms with Gasteiger partial charge in [0.05, 0.1) is 25.0 Å². The first-order valence-electron chi connectivity index (χ1n) is 6.25. The van der Waals surface area contributed by atoms with Gasteiger partial charge in [0.15, 0.2) is 9.84 Å². The van der Waals surface area contributed by atoms with Crippen molar-refractivity contribution < 1.29 is 8.42 Å². The van der Waals surface area contributed by atoms with Crippen LogP contribution in [0.2, 0.25) is 5.02 Å². The molecule has 2 heterocycles. The van der Waals surface area contributed by atoms with Crippen LogP contribution in [0.25, 0.3) is 0 Å². The first kappa shape index (κ1) is 14.8. The predicted octanol–water partition coefficient (Wildman–Crippen LogP) is 3.30. The average molecular weight is 398 g/mol. The van der Waals surface area contributed by atoms with Crippen molar-refractivity contribution in [3.63, 3.8) is 0 Å². The number of hydrogen-bond donors (Lipinski definition) is 2. The second kappa shape index (κ2) is 4.44. The van der Waals surface area contributed by atoms with Crippen molar-refractivity contribution in [3.8, 4) is 0 Å². The SMILES string of the molecule is C[C@@]1(c2sc(Br)cc2Cl)CS(=O)(=O)C2(CCC2)C(=N)N1. The summed E-state index contributed by atoms with van der Waals surface area (Å²) in [5.41, 5.74) is -0.829. The highest BCUT2D eigenvalue weighted by Crippen LogP contribution is 2.48. The van der Waals surface area contributed by atoms with Crippen LogP contribution in [0, 0.1) is 5.41 Å². The Hall–Kier alpha value is -0.110. The highest BCUT2D eigenvalue weighted by molar-refractivity contribution is 9.11. The molecule has 0 radical (unpaired) electrons. The number of thiophene rings is 1. The van der Waals surface area contributed by atoms with Crippen molar-refractivity contribution in [1.29, 1.82) is 5.41 Å². The van der Waals surface area contributed by atoms with Gasteiger partial charge in [-0.1, -0.05) is 11.6 Å². The van der Waals surface area contributed by atoms with Crippen LogP contribution >= 0.6 is 38.9 Å². The molecule has 1 atom stereocenters. The van der Waals surface area contributed by atoms with Gasteiger partial charge in [0.1, 0.15) is 10.6 Å². The quantitative estimate of drug-likeness (QED) is 0.764. The summed E-state index contributed by atoms with van der Waals surface area (Å²) in [5, 5.41) is 11.8. The van der Waals surface area contributed by atoms with E-state index in [9.17, 15) is 8.42 Å². The Morgan fingerprint density at radius 3 is 2.55 bits per heavy atom. The van der Waals surface area contributed by atoms with Crippen LogP contribution < -0.4 is 5.32 Å². The standard InChI is InChI=1S/C12H14BrClN2O2S2/c1-11(9-7(14)5-8(13)19-9)6-20(17,18)12(3-2-4-12)10(15)16-11/h5H,2-4,6H2,1H3,(H2,15,16)/t11-/m0/s1. The average Bonchev–Trinajstić information content (AvgIpc) is 2.53. The van der Waals surface area contributed by atoms with Crippen LogP contribution in [0.3, 0.4) is 0 Å². The van der Waals surface area contributed by atoms with Crippen LogP contribution in [0.4, 0.5) is 0 Å². The predicted molar refractivity (Wildman–Crippen MR) is 85.6 cm³/mol. The summed E-state index contributed by atoms with van der Waals surface area (Å²) in [7, 11) is -3.35. The van der Waals surface area contributed by atoms with Gasteiger partial charge in [0, 0.05) is 0 Å². The molecular weight excluding hydrogens is 384 g/mol. The summed E-state index contributed by atoms with van der Waals surface area (Å²) >= 11 is 11.0. The number of rotatable bonds is 1. The van der Waals surface area contributed by atoms with E-state index in [4.69, 9.17) is 17.0 Å². The molecular formula is C12H14BrClN2O2S2. The summed E-state index contributed by atoms with van der Waals surface area (Å²) in [4.78, 5) is 0.758. The minimum atomic E-state index is -3.35. The van der Waals surface area contributed by atoms with Crippen molar-refractivity contribution in [3.05, 3.63) is 19.8 Å². The summed E-state index contributed by atoms with van der Waals surface area (Å²) in [5.74, 6) is 0.104. The molecule has 0 aromatic carbocycles. The number of amidine groups is 1. The molecule has 1 spiro atoms. The van der Waals surface area contributed by atoms with Gasteiger partial charge in [0.25, 0.3) is 0 Å². The van der Waals surface area contributed by atoms with E-state index in [0.29, 0.717) is 17.9 Å². The third-order valence-electron chi connectivity index (χ3n) is 4.25. The molecule has 110 valence electrons. The summed E-state index contributed by atoms with van der Waals surface area (Å²) in [6, 6.07) is 1.76. The van der Waals surface area contributed by atoms with Gasteiger partial charge in [-0.15, -0.1) is 11.3 Å². The lowest BCUT2D eigenvalue weighted by atomic mass is 9.82. The molecule has 1 saturated heterocycles. The second-order valence-corrected chi connectivity index (χ2v) is 10.8. The Balaban J connectivity index is 2.06. The van der Waals surface area contributed by atoms with Gasteiger partial charge < -0.3 is 5.32 Å². The van der Waals surface area contributed by atoms with E-state index in [0.717, 1.165) is 15.1 Å². The number of halogens is 2. The maximum atomic E-state index is 12.7. The molecule has 2 aliphatic rings. The fraction of sp³-hybridized carbons (Fsp3) is 0.583. The molecule has 1 aliphatic carbocycles. The van der Waals surface area contributed by atoms with E-state index in [2.05, 4.69) is 21.2 Å². The van der Waals surface area contributed by atoms with Crippen LogP contribution in [0.1, 0.15) is 31.1 Å². The van der Waals surface area contributed by atoms with Gasteiger partial charge in [0.2, 0.25) is 0 Å². The van der Waals surface area contributed by atoms with Gasteiger partial charge in [-0.25, -0.2) is 8.42 Å². The Morgan fingerprint density at radius 1 is 1.50 bits per heavy atom. The van der Waals surface area contributed by atoms with Crippen molar-refractivity contribution >= 4 is 54.5 Å². The molecule has 20 heavy (non-hydrogen) atoms. The molecule has 1 aromatic rings. The van der Waals surface area contributed by atoms with Crippen molar-refractivity contribution in [1.82, 2.24) is 5.32 Å². The van der Waals surface area contributed by atoms with E-state index < -0.39 is 20.1 Å². The number of nitrogens with one attached hydrogen (secondary N) is 2. The minimum Gasteiger partial charge on any atom is -0.362 e. The topological polar surface area (TPSA) is 70.0 Å². The highest BCUT2D eigenvalue weighted by atomic mass is 79.9. The summed E-state index contributed by atoms with van der Waals surface area (Å²) in [6.07, 6.45) is 1.98. The van der Waals surface area contributed by atoms with Crippen molar-refractivity contribution in [2.24, 2.45) is 0 Å². The van der Waals surface area contributed by atoms with Crippen LogP contribution in [0.5, 0.6) is 0 Å². The third-order valence-corrected chi connectivity index (χ3v) is 9.32. The van der Waals surface area contributed by atoms with Gasteiger partial charge in [-0.3, -0.25) is 5.41 Å². The normalized spacial score (nSPS) is 30.9. The molecule has 0 unspecified atom stereocenters. The van der Waals surface area contributed by atoms with Crippen LogP contribution in [-0.2, 0) is 15.4 Å². The third kappa shape index (κ3) is 1.90. The highest BCUT2D eigenvalue weighted by Gasteiger charge is 2.59. The molecule has 0 bridgehead atoms. The first-order valence-corrected chi connectivity index (χ1v) is 9.89. The molecule has 1 aliphatic heterocycles. The summed E-state index contributed by atoms with van der Waals surface area (Å²) in [6.45, 7) is 1.80. The molecule has 0 amide bonds. The van der Waals surface area contributed by atoms with E-state index >= 15 is 0 Å². The maximum absolute atomic E-state index is 12.7. The molecule has 2 N–H and O–H groups in total. The van der Waals surface area contributed by atoms with Crippen molar-refractivity contribution in [2.45, 2.75) is 36.5 Å². The first-order chi connectivity index (χ1) is 9.20. The number of hydrogen-bond acceptors (Lipinski definition) is 4. The Bertz CT molecular complexity index is 696. The van der Waals surface area contributed by atoms with E-state index in [-0.39, 0.29) is 11.6 Å². The van der Waals surface area contributed by atoms with Crippen LogP contribution in [-0.4, -0.2) is 24.8 Å². The smallest absolute Gasteiger partial charge is 0.165 e. The molecule has 1 saturated carbocycles. The van der Waals surface area contributed by atoms with E-state index in [1.165, 1.54) is 11.3 Å². The van der Waals surface area contributed by atoms with Gasteiger partial charge in [-0.2, -0.15) is 0 Å². The molecule has 1 aromatic heterocycles. The van der Waals surface area contributed by atoms with Gasteiger partial charge >= 0.3 is 0 Å². The monoisotopic (exact) mass is 396 g/mol. The largest absolute Gasteiger partial charge is 0.362 e. The Kier molecular flexibility index (Phi) is 3.29. The zero-order valence-electron chi connectivity index (χ0n) is 10.8. The zero-order valence-corrected chi connectivity index (χ0v) is 14.8. The fourth-order valence-corrected chi connectivity index (χ4v) is 7.84. The van der Waals surface area contributed by atoms with Crippen molar-refractivity contribution in [2.75, 3.05) is 5.75 Å². The minimum absolute atomic E-state index is 0.0188. The zero-order chi connectivity index (χ0) is 14.8. The molecule has 4 nitrogen and oxygen atoms in total. The number of sulfone groups is 1. The second-order valence-electron chi connectivity index (χ2n) is 5.67. The van der Waals surface area contributed by atoms with Crippen LogP contribution in [0.15, 0.2) is 9.85 Å². The van der Waals surface area contributed by atoms with Gasteiger partial charge in [-0.05, 0) is 48.2 Å². The lowest BCUT2D eigenvalue weighted by Gasteiger charge is -2.50. The molecule has 8 heteroatoms. The fourth-order valence-electron chi connectivity index (χ4n) is 3.00. The Labute approximate surface area is 135 Å². The Morgan fingerprint density at radius 2 is 2.15 bits per heavy atom. The summed E-state index contributed by atoms with van der Waals surface area (Å²) < 4.78 is 25.2. The van der Waals surface area contributed by atoms with E-state index in [1.54, 1.807) is 13.0 Å². The molecule has 3 rings (SSSR count). The lowest BCUT2D eigenvalue weighted by molar-refractivity contribution is 0.363.